The van der Waals surface area contributed by atoms with Crippen LogP contribution in [0.15, 0.2) is 48.5 Å². The van der Waals surface area contributed by atoms with Gasteiger partial charge in [0.15, 0.2) is 0 Å². The minimum absolute atomic E-state index is 0.310. The normalized spacial score (nSPS) is 10.1. The summed E-state index contributed by atoms with van der Waals surface area (Å²) < 4.78 is 4.68. The molecular formula is C15H13BrO2. The molecule has 0 aliphatic carbocycles. The van der Waals surface area contributed by atoms with E-state index in [1.807, 2.05) is 24.3 Å². The molecule has 0 spiro atoms. The van der Waals surface area contributed by atoms with Gasteiger partial charge < -0.3 is 4.74 Å². The second-order valence-corrected chi connectivity index (χ2v) is 4.42. The van der Waals surface area contributed by atoms with Gasteiger partial charge in [-0.1, -0.05) is 52.3 Å². The molecule has 0 saturated carbocycles. The van der Waals surface area contributed by atoms with E-state index in [0.29, 0.717) is 5.56 Å². The second-order valence-electron chi connectivity index (χ2n) is 3.86. The van der Waals surface area contributed by atoms with E-state index in [0.717, 1.165) is 10.9 Å². The number of alkyl halides is 1. The average Bonchev–Trinajstić information content (AvgIpc) is 2.46. The van der Waals surface area contributed by atoms with Gasteiger partial charge in [-0.25, -0.2) is 4.79 Å². The zero-order chi connectivity index (χ0) is 13.0. The van der Waals surface area contributed by atoms with Gasteiger partial charge in [0.2, 0.25) is 0 Å². The van der Waals surface area contributed by atoms with Crippen LogP contribution in [0.4, 0.5) is 0 Å². The van der Waals surface area contributed by atoms with Crippen molar-refractivity contribution >= 4 is 21.9 Å². The summed E-state index contributed by atoms with van der Waals surface area (Å²) in [7, 11) is 1.39. The summed E-state index contributed by atoms with van der Waals surface area (Å²) in [6, 6.07) is 15.6. The molecule has 0 amide bonds. The lowest BCUT2D eigenvalue weighted by atomic mass is 10.00. The average molecular weight is 305 g/mol. The van der Waals surface area contributed by atoms with Crippen LogP contribution in [-0.2, 0) is 10.1 Å². The number of carbonyl (C=O) groups is 1. The summed E-state index contributed by atoms with van der Waals surface area (Å²) in [4.78, 5) is 11.4. The molecule has 0 aliphatic heterocycles. The smallest absolute Gasteiger partial charge is 0.337 e. The van der Waals surface area contributed by atoms with Crippen LogP contribution in [0.25, 0.3) is 11.1 Å². The van der Waals surface area contributed by atoms with Crippen LogP contribution in [0.5, 0.6) is 0 Å². The molecule has 2 aromatic rings. The van der Waals surface area contributed by atoms with E-state index in [1.165, 1.54) is 18.2 Å². The predicted octanol–water partition coefficient (Wildman–Crippen LogP) is 4.04. The first-order valence-corrected chi connectivity index (χ1v) is 6.71. The number of hydrogen-bond donors (Lipinski definition) is 0. The monoisotopic (exact) mass is 304 g/mol. The van der Waals surface area contributed by atoms with Gasteiger partial charge in [0.25, 0.3) is 0 Å². The molecule has 18 heavy (non-hydrogen) atoms. The summed E-state index contributed by atoms with van der Waals surface area (Å²) in [5, 5.41) is 0.807. The Labute approximate surface area is 115 Å². The lowest BCUT2D eigenvalue weighted by molar-refractivity contribution is 0.0601. The lowest BCUT2D eigenvalue weighted by Crippen LogP contribution is -2.00. The van der Waals surface area contributed by atoms with Crippen LogP contribution in [0.1, 0.15) is 15.9 Å². The molecule has 0 aromatic heterocycles. The van der Waals surface area contributed by atoms with Gasteiger partial charge in [-0.2, -0.15) is 0 Å². The van der Waals surface area contributed by atoms with Crippen molar-refractivity contribution < 1.29 is 9.53 Å². The molecule has 0 radical (unpaired) electrons. The van der Waals surface area contributed by atoms with E-state index >= 15 is 0 Å². The first-order chi connectivity index (χ1) is 8.76. The van der Waals surface area contributed by atoms with Crippen molar-refractivity contribution in [1.29, 1.82) is 0 Å². The Morgan fingerprint density at radius 1 is 1.11 bits per heavy atom. The molecule has 0 aliphatic rings. The van der Waals surface area contributed by atoms with E-state index in [1.54, 1.807) is 12.1 Å². The number of hydrogen-bond acceptors (Lipinski definition) is 2. The van der Waals surface area contributed by atoms with Gasteiger partial charge in [-0.05, 0) is 28.8 Å². The quantitative estimate of drug-likeness (QED) is 0.632. The highest BCUT2D eigenvalue weighted by Crippen LogP contribution is 2.25. The van der Waals surface area contributed by atoms with Crippen LogP contribution in [-0.4, -0.2) is 13.1 Å². The maximum absolute atomic E-state index is 11.4. The number of carbonyl (C=O) groups excluding carboxylic acids is 1. The largest absolute Gasteiger partial charge is 0.465 e. The molecule has 92 valence electrons. The number of halogens is 1. The van der Waals surface area contributed by atoms with Crippen molar-refractivity contribution in [2.75, 3.05) is 7.11 Å². The summed E-state index contributed by atoms with van der Waals surface area (Å²) >= 11 is 3.48. The van der Waals surface area contributed by atoms with Gasteiger partial charge in [-0.15, -0.1) is 0 Å². The van der Waals surface area contributed by atoms with Crippen LogP contribution >= 0.6 is 15.9 Å². The second kappa shape index (κ2) is 5.83. The van der Waals surface area contributed by atoms with E-state index in [4.69, 9.17) is 0 Å². The molecule has 2 rings (SSSR count). The maximum Gasteiger partial charge on any atom is 0.337 e. The SMILES string of the molecule is COC(=O)c1ccc(-c2ccccc2CBr)cc1. The number of rotatable bonds is 3. The zero-order valence-corrected chi connectivity index (χ0v) is 11.6. The Morgan fingerprint density at radius 3 is 2.39 bits per heavy atom. The Bertz CT molecular complexity index is 547. The molecule has 3 heteroatoms. The van der Waals surface area contributed by atoms with Crippen molar-refractivity contribution in [2.24, 2.45) is 0 Å². The zero-order valence-electron chi connectivity index (χ0n) is 10.0. The molecule has 0 N–H and O–H groups in total. The molecule has 0 saturated heterocycles. The van der Waals surface area contributed by atoms with Crippen molar-refractivity contribution in [2.45, 2.75) is 5.33 Å². The molecule has 0 fully saturated rings. The van der Waals surface area contributed by atoms with E-state index in [9.17, 15) is 4.79 Å². The summed E-state index contributed by atoms with van der Waals surface area (Å²) in [5.41, 5.74) is 4.06. The van der Waals surface area contributed by atoms with Gasteiger partial charge in [-0.3, -0.25) is 0 Å². The molecule has 0 atom stereocenters. The third-order valence-electron chi connectivity index (χ3n) is 2.78. The number of methoxy groups -OCH3 is 1. The summed E-state index contributed by atoms with van der Waals surface area (Å²) in [6.45, 7) is 0. The van der Waals surface area contributed by atoms with Crippen molar-refractivity contribution in [3.63, 3.8) is 0 Å². The van der Waals surface area contributed by atoms with E-state index < -0.39 is 0 Å². The summed E-state index contributed by atoms with van der Waals surface area (Å²) in [6.07, 6.45) is 0. The molecule has 2 aromatic carbocycles. The van der Waals surface area contributed by atoms with Crippen molar-refractivity contribution in [1.82, 2.24) is 0 Å². The third kappa shape index (κ3) is 2.62. The molecule has 0 unspecified atom stereocenters. The number of esters is 1. The van der Waals surface area contributed by atoms with Gasteiger partial charge >= 0.3 is 5.97 Å². The van der Waals surface area contributed by atoms with Crippen molar-refractivity contribution in [3.8, 4) is 11.1 Å². The highest BCUT2D eigenvalue weighted by atomic mass is 79.9. The Kier molecular flexibility index (Phi) is 4.15. The van der Waals surface area contributed by atoms with Gasteiger partial charge in [0.05, 0.1) is 12.7 Å². The fourth-order valence-electron chi connectivity index (χ4n) is 1.82. The van der Waals surface area contributed by atoms with Crippen LogP contribution in [0.3, 0.4) is 0 Å². The fraction of sp³-hybridized carbons (Fsp3) is 0.133. The predicted molar refractivity (Wildman–Crippen MR) is 75.8 cm³/mol. The Balaban J connectivity index is 2.37. The maximum atomic E-state index is 11.4. The first kappa shape index (κ1) is 12.8. The minimum atomic E-state index is -0.310. The molecule has 0 heterocycles. The van der Waals surface area contributed by atoms with Crippen LogP contribution in [0, 0.1) is 0 Å². The minimum Gasteiger partial charge on any atom is -0.465 e. The van der Waals surface area contributed by atoms with Gasteiger partial charge in [0, 0.05) is 5.33 Å². The first-order valence-electron chi connectivity index (χ1n) is 5.59. The molecule has 2 nitrogen and oxygen atoms in total. The molecular weight excluding hydrogens is 292 g/mol. The topological polar surface area (TPSA) is 26.3 Å². The Hall–Kier alpha value is -1.61. The highest BCUT2D eigenvalue weighted by Gasteiger charge is 2.07. The van der Waals surface area contributed by atoms with Crippen LogP contribution in [0.2, 0.25) is 0 Å². The summed E-state index contributed by atoms with van der Waals surface area (Å²) in [5.74, 6) is -0.310. The molecule has 0 bridgehead atoms. The standard InChI is InChI=1S/C15H13BrO2/c1-18-15(17)12-8-6-11(7-9-12)14-5-3-2-4-13(14)10-16/h2-9H,10H2,1H3. The number of benzene rings is 2. The third-order valence-corrected chi connectivity index (χ3v) is 3.38. The lowest BCUT2D eigenvalue weighted by Gasteiger charge is -2.07. The van der Waals surface area contributed by atoms with E-state index in [2.05, 4.69) is 32.8 Å². The Morgan fingerprint density at radius 2 is 1.78 bits per heavy atom. The fourth-order valence-corrected chi connectivity index (χ4v) is 2.31. The highest BCUT2D eigenvalue weighted by molar-refractivity contribution is 9.08. The van der Waals surface area contributed by atoms with Crippen LogP contribution < -0.4 is 0 Å². The van der Waals surface area contributed by atoms with Crippen molar-refractivity contribution in [3.05, 3.63) is 59.7 Å². The number of ether oxygens (including phenoxy) is 1. The van der Waals surface area contributed by atoms with E-state index in [-0.39, 0.29) is 5.97 Å². The van der Waals surface area contributed by atoms with Gasteiger partial charge in [0.1, 0.15) is 0 Å².